The summed E-state index contributed by atoms with van der Waals surface area (Å²) in [5.74, 6) is 1.60. The smallest absolute Gasteiger partial charge is 0.223 e. The van der Waals surface area contributed by atoms with Gasteiger partial charge in [0.25, 0.3) is 0 Å². The number of ether oxygens (including phenoxy) is 2. The van der Waals surface area contributed by atoms with Crippen LogP contribution in [0.3, 0.4) is 0 Å². The maximum absolute atomic E-state index is 6.53. The van der Waals surface area contributed by atoms with E-state index in [1.807, 2.05) is 24.7 Å². The molecule has 28 heavy (non-hydrogen) atoms. The monoisotopic (exact) mass is 417 g/mol. The molecule has 1 saturated heterocycles. The molecule has 0 spiro atoms. The minimum atomic E-state index is 0.304. The number of fused-ring (bicyclic) bond motifs is 1. The molecule has 2 N–H and O–H groups in total. The Morgan fingerprint density at radius 1 is 1.11 bits per heavy atom. The summed E-state index contributed by atoms with van der Waals surface area (Å²) in [6.45, 7) is 2.91. The van der Waals surface area contributed by atoms with Crippen LogP contribution >= 0.6 is 23.2 Å². The van der Waals surface area contributed by atoms with Gasteiger partial charge in [0.1, 0.15) is 11.5 Å². The molecule has 8 heteroatoms. The second-order valence-electron chi connectivity index (χ2n) is 6.44. The molecule has 1 atom stereocenters. The Bertz CT molecular complexity index is 994. The molecule has 2 heterocycles. The standard InChI is InChI=1S/C20H19Cl2N4O2/c1-27-15-8-16(28-2)19(22)17(18(15)21)11-3-4-14-12(7-11)9-24-20(26-14)25-13-5-6-23-10-13/h3-4,6-9,13,23H,5,10H2,1-2H3,(H,24,25,26)/t13-/m0/s1. The Morgan fingerprint density at radius 3 is 2.50 bits per heavy atom. The molecule has 4 rings (SSSR count). The van der Waals surface area contributed by atoms with Crippen molar-refractivity contribution >= 4 is 40.1 Å². The van der Waals surface area contributed by atoms with Crippen molar-refractivity contribution in [3.05, 3.63) is 47.1 Å². The first-order valence-electron chi connectivity index (χ1n) is 8.79. The average molecular weight is 418 g/mol. The third kappa shape index (κ3) is 3.55. The lowest BCUT2D eigenvalue weighted by Gasteiger charge is -2.15. The van der Waals surface area contributed by atoms with Gasteiger partial charge in [-0.25, -0.2) is 9.97 Å². The van der Waals surface area contributed by atoms with E-state index < -0.39 is 0 Å². The van der Waals surface area contributed by atoms with Gasteiger partial charge in [-0.05, 0) is 24.1 Å². The van der Waals surface area contributed by atoms with Crippen LogP contribution < -0.4 is 20.1 Å². The van der Waals surface area contributed by atoms with Crippen molar-refractivity contribution in [2.24, 2.45) is 0 Å². The summed E-state index contributed by atoms with van der Waals surface area (Å²) in [5, 5.41) is 8.27. The molecule has 0 saturated carbocycles. The number of benzene rings is 2. The molecule has 0 bridgehead atoms. The van der Waals surface area contributed by atoms with Gasteiger partial charge in [0.15, 0.2) is 0 Å². The summed E-state index contributed by atoms with van der Waals surface area (Å²) in [7, 11) is 3.11. The molecule has 1 aliphatic rings. The van der Waals surface area contributed by atoms with Crippen LogP contribution in [0.5, 0.6) is 11.5 Å². The van der Waals surface area contributed by atoms with Gasteiger partial charge in [0.2, 0.25) is 5.95 Å². The predicted octanol–water partition coefficient (Wildman–Crippen LogP) is 4.56. The van der Waals surface area contributed by atoms with Crippen LogP contribution in [-0.2, 0) is 0 Å². The molecule has 3 aromatic rings. The third-order valence-electron chi connectivity index (χ3n) is 4.69. The number of anilines is 1. The van der Waals surface area contributed by atoms with Gasteiger partial charge in [0.05, 0.1) is 29.8 Å². The molecular formula is C20H19Cl2N4O2. The Labute approximate surface area is 173 Å². The van der Waals surface area contributed by atoms with Gasteiger partial charge < -0.3 is 20.1 Å². The summed E-state index contributed by atoms with van der Waals surface area (Å²) < 4.78 is 10.7. The fourth-order valence-electron chi connectivity index (χ4n) is 3.22. The van der Waals surface area contributed by atoms with Crippen LogP contribution in [0.15, 0.2) is 30.5 Å². The number of hydrogen-bond donors (Lipinski definition) is 2. The van der Waals surface area contributed by atoms with Gasteiger partial charge >= 0.3 is 0 Å². The number of nitrogens with zero attached hydrogens (tertiary/aromatic N) is 2. The first-order chi connectivity index (χ1) is 13.6. The highest BCUT2D eigenvalue weighted by atomic mass is 35.5. The van der Waals surface area contributed by atoms with Gasteiger partial charge in [-0.15, -0.1) is 0 Å². The van der Waals surface area contributed by atoms with Crippen molar-refractivity contribution in [2.45, 2.75) is 12.5 Å². The molecule has 0 unspecified atom stereocenters. The molecule has 1 aromatic heterocycles. The fourth-order valence-corrected chi connectivity index (χ4v) is 3.94. The van der Waals surface area contributed by atoms with Crippen molar-refractivity contribution in [2.75, 3.05) is 26.1 Å². The van der Waals surface area contributed by atoms with Crippen molar-refractivity contribution in [1.29, 1.82) is 0 Å². The maximum atomic E-state index is 6.53. The van der Waals surface area contributed by atoms with Gasteiger partial charge in [-0.3, -0.25) is 0 Å². The third-order valence-corrected chi connectivity index (χ3v) is 5.44. The second-order valence-corrected chi connectivity index (χ2v) is 7.20. The molecule has 1 aliphatic heterocycles. The van der Waals surface area contributed by atoms with E-state index >= 15 is 0 Å². The van der Waals surface area contributed by atoms with E-state index in [1.54, 1.807) is 26.5 Å². The van der Waals surface area contributed by atoms with Crippen LogP contribution in [0.1, 0.15) is 6.42 Å². The van der Waals surface area contributed by atoms with Crippen molar-refractivity contribution in [3.8, 4) is 22.6 Å². The number of methoxy groups -OCH3 is 2. The van der Waals surface area contributed by atoms with Gasteiger partial charge in [0, 0.05) is 42.3 Å². The van der Waals surface area contributed by atoms with E-state index in [0.29, 0.717) is 39.1 Å². The van der Waals surface area contributed by atoms with Gasteiger partial charge in [-0.2, -0.15) is 0 Å². The summed E-state index contributed by atoms with van der Waals surface area (Å²) in [4.78, 5) is 9.04. The van der Waals surface area contributed by atoms with E-state index in [0.717, 1.165) is 29.4 Å². The van der Waals surface area contributed by atoms with Crippen LogP contribution in [0.4, 0.5) is 5.95 Å². The zero-order valence-corrected chi connectivity index (χ0v) is 16.9. The Hall–Kier alpha value is -2.28. The Kier molecular flexibility index (Phi) is 5.44. The normalized spacial score (nSPS) is 16.4. The quantitative estimate of drug-likeness (QED) is 0.634. The van der Waals surface area contributed by atoms with E-state index in [4.69, 9.17) is 32.7 Å². The zero-order chi connectivity index (χ0) is 19.7. The molecule has 1 radical (unpaired) electrons. The number of nitrogens with one attached hydrogen (secondary N) is 2. The van der Waals surface area contributed by atoms with E-state index in [1.165, 1.54) is 0 Å². The summed E-state index contributed by atoms with van der Waals surface area (Å²) in [6.07, 6.45) is 2.73. The first kappa shape index (κ1) is 19.1. The summed E-state index contributed by atoms with van der Waals surface area (Å²) in [6, 6.07) is 7.78. The highest BCUT2D eigenvalue weighted by Crippen LogP contribution is 2.46. The van der Waals surface area contributed by atoms with Crippen LogP contribution in [0.2, 0.25) is 10.0 Å². The average Bonchev–Trinajstić information content (AvgIpc) is 3.21. The van der Waals surface area contributed by atoms with Crippen molar-refractivity contribution < 1.29 is 9.47 Å². The molecule has 0 amide bonds. The van der Waals surface area contributed by atoms with Crippen molar-refractivity contribution in [3.63, 3.8) is 0 Å². The number of aromatic nitrogens is 2. The number of hydrogen-bond acceptors (Lipinski definition) is 6. The van der Waals surface area contributed by atoms with E-state index in [9.17, 15) is 0 Å². The lowest BCUT2D eigenvalue weighted by atomic mass is 10.0. The largest absolute Gasteiger partial charge is 0.495 e. The molecule has 145 valence electrons. The minimum absolute atomic E-state index is 0.304. The number of halogens is 2. The Balaban J connectivity index is 1.74. The number of rotatable bonds is 5. The van der Waals surface area contributed by atoms with E-state index in [-0.39, 0.29) is 0 Å². The van der Waals surface area contributed by atoms with Crippen molar-refractivity contribution in [1.82, 2.24) is 15.3 Å². The zero-order valence-electron chi connectivity index (χ0n) is 15.4. The van der Waals surface area contributed by atoms with Crippen LogP contribution in [-0.4, -0.2) is 36.8 Å². The molecule has 0 aliphatic carbocycles. The summed E-state index contributed by atoms with van der Waals surface area (Å²) in [5.41, 5.74) is 2.31. The second kappa shape index (κ2) is 7.99. The fraction of sp³-hybridized carbons (Fsp3) is 0.250. The SMILES string of the molecule is COc1cc(OC)c(Cl)c(-c2ccc3nc(N[C@H]4C[CH]NC4)ncc3c2)c1Cl. The topological polar surface area (TPSA) is 68.3 Å². The lowest BCUT2D eigenvalue weighted by Crippen LogP contribution is -2.23. The molecular weight excluding hydrogens is 399 g/mol. The maximum Gasteiger partial charge on any atom is 0.223 e. The Morgan fingerprint density at radius 2 is 1.86 bits per heavy atom. The van der Waals surface area contributed by atoms with E-state index in [2.05, 4.69) is 20.6 Å². The molecule has 6 nitrogen and oxygen atoms in total. The highest BCUT2D eigenvalue weighted by molar-refractivity contribution is 6.41. The van der Waals surface area contributed by atoms with Gasteiger partial charge in [-0.1, -0.05) is 29.3 Å². The van der Waals surface area contributed by atoms with Crippen LogP contribution in [0, 0.1) is 6.54 Å². The minimum Gasteiger partial charge on any atom is -0.495 e. The molecule has 2 aromatic carbocycles. The molecule has 1 fully saturated rings. The highest BCUT2D eigenvalue weighted by Gasteiger charge is 2.19. The van der Waals surface area contributed by atoms with Crippen LogP contribution in [0.25, 0.3) is 22.0 Å². The lowest BCUT2D eigenvalue weighted by molar-refractivity contribution is 0.395. The predicted molar refractivity (Wildman–Crippen MR) is 112 cm³/mol. The first-order valence-corrected chi connectivity index (χ1v) is 9.55. The summed E-state index contributed by atoms with van der Waals surface area (Å²) >= 11 is 13.1.